The van der Waals surface area contributed by atoms with Crippen LogP contribution in [0.5, 0.6) is 0 Å². The maximum Gasteiger partial charge on any atom is 0.312 e. The lowest BCUT2D eigenvalue weighted by Gasteiger charge is -2.36. The number of cyclic esters (lactones) is 1. The fourth-order valence-electron chi connectivity index (χ4n) is 4.70. The Balaban J connectivity index is 1.39. The Morgan fingerprint density at radius 2 is 1.93 bits per heavy atom. The predicted molar refractivity (Wildman–Crippen MR) is 98.9 cm³/mol. The molecule has 0 bridgehead atoms. The van der Waals surface area contributed by atoms with E-state index in [9.17, 15) is 14.0 Å². The summed E-state index contributed by atoms with van der Waals surface area (Å²) in [5.74, 6) is -1.04. The van der Waals surface area contributed by atoms with Crippen molar-refractivity contribution < 1.29 is 18.7 Å². The Morgan fingerprint density at radius 1 is 1.21 bits per heavy atom. The third-order valence-corrected chi connectivity index (χ3v) is 6.27. The van der Waals surface area contributed by atoms with Gasteiger partial charge in [0.1, 0.15) is 11.9 Å². The first kappa shape index (κ1) is 18.9. The third-order valence-electron chi connectivity index (χ3n) is 6.27. The number of carbonyl (C=O) groups is 2. The molecule has 7 heteroatoms. The Bertz CT molecular complexity index is 821. The van der Waals surface area contributed by atoms with Crippen LogP contribution in [-0.2, 0) is 9.53 Å². The van der Waals surface area contributed by atoms with Crippen LogP contribution in [0.25, 0.3) is 0 Å². The lowest BCUT2D eigenvalue weighted by Crippen LogP contribution is -2.45. The summed E-state index contributed by atoms with van der Waals surface area (Å²) in [7, 11) is 0. The van der Waals surface area contributed by atoms with Gasteiger partial charge in [-0.3, -0.25) is 14.5 Å². The molecular formula is C21H24FN3O3. The number of nitriles is 1. The summed E-state index contributed by atoms with van der Waals surface area (Å²) in [6, 6.07) is 5.54. The molecular weight excluding hydrogens is 361 g/mol. The van der Waals surface area contributed by atoms with Crippen molar-refractivity contribution in [1.82, 2.24) is 9.80 Å². The highest BCUT2D eigenvalue weighted by atomic mass is 19.1. The molecule has 28 heavy (non-hydrogen) atoms. The first-order valence-electron chi connectivity index (χ1n) is 9.92. The van der Waals surface area contributed by atoms with Crippen LogP contribution >= 0.6 is 0 Å². The molecule has 3 aliphatic rings. The molecule has 6 nitrogen and oxygen atoms in total. The number of ether oxygens (including phenoxy) is 1. The van der Waals surface area contributed by atoms with E-state index in [4.69, 9.17) is 10.00 Å². The van der Waals surface area contributed by atoms with Gasteiger partial charge < -0.3 is 9.64 Å². The van der Waals surface area contributed by atoms with Crippen molar-refractivity contribution >= 4 is 11.9 Å². The standard InChI is InChI=1S/C21H24FN3O3/c22-17-10-15(13-23)9-16(11-17)19(26)25-7-3-21(4-8-25)12-18(28-20(21)27)14-24-5-1-2-6-24/h9-11,18H,1-8,12,14H2. The fourth-order valence-corrected chi connectivity index (χ4v) is 4.70. The van der Waals surface area contributed by atoms with Gasteiger partial charge in [0.05, 0.1) is 17.0 Å². The highest BCUT2D eigenvalue weighted by Gasteiger charge is 2.51. The second-order valence-electron chi connectivity index (χ2n) is 8.15. The van der Waals surface area contributed by atoms with E-state index in [1.165, 1.54) is 18.9 Å². The zero-order chi connectivity index (χ0) is 19.7. The maximum atomic E-state index is 13.7. The quantitative estimate of drug-likeness (QED) is 0.747. The molecule has 1 aromatic carbocycles. The number of benzene rings is 1. The lowest BCUT2D eigenvalue weighted by atomic mass is 9.76. The molecule has 4 rings (SSSR count). The van der Waals surface area contributed by atoms with E-state index in [0.29, 0.717) is 32.4 Å². The van der Waals surface area contributed by atoms with E-state index in [0.717, 1.165) is 31.8 Å². The van der Waals surface area contributed by atoms with E-state index >= 15 is 0 Å². The van der Waals surface area contributed by atoms with E-state index < -0.39 is 11.2 Å². The average Bonchev–Trinajstić information content (AvgIpc) is 3.30. The zero-order valence-corrected chi connectivity index (χ0v) is 15.8. The van der Waals surface area contributed by atoms with E-state index in [2.05, 4.69) is 4.90 Å². The number of halogens is 1. The monoisotopic (exact) mass is 385 g/mol. The van der Waals surface area contributed by atoms with Crippen LogP contribution in [0.4, 0.5) is 4.39 Å². The Morgan fingerprint density at radius 3 is 2.61 bits per heavy atom. The topological polar surface area (TPSA) is 73.6 Å². The number of likely N-dealkylation sites (tertiary alicyclic amines) is 2. The van der Waals surface area contributed by atoms with Crippen molar-refractivity contribution in [2.45, 2.75) is 38.2 Å². The van der Waals surface area contributed by atoms with E-state index in [1.807, 2.05) is 6.07 Å². The van der Waals surface area contributed by atoms with Gasteiger partial charge in [-0.1, -0.05) is 0 Å². The minimum Gasteiger partial charge on any atom is -0.461 e. The van der Waals surface area contributed by atoms with E-state index in [-0.39, 0.29) is 29.1 Å². The Labute approximate surface area is 163 Å². The van der Waals surface area contributed by atoms with Crippen LogP contribution < -0.4 is 0 Å². The highest BCUT2D eigenvalue weighted by Crippen LogP contribution is 2.43. The minimum atomic E-state index is -0.597. The van der Waals surface area contributed by atoms with Crippen LogP contribution in [0.3, 0.4) is 0 Å². The van der Waals surface area contributed by atoms with Crippen LogP contribution in [0, 0.1) is 22.6 Å². The SMILES string of the molecule is N#Cc1cc(F)cc(C(=O)N2CCC3(CC2)CC(CN2CCCC2)OC3=O)c1. The molecule has 1 aromatic rings. The first-order valence-corrected chi connectivity index (χ1v) is 9.92. The van der Waals surface area contributed by atoms with E-state index in [1.54, 1.807) is 4.90 Å². The second-order valence-corrected chi connectivity index (χ2v) is 8.15. The number of carbonyl (C=O) groups excluding carboxylic acids is 2. The van der Waals surface area contributed by atoms with Gasteiger partial charge in [-0.15, -0.1) is 0 Å². The first-order chi connectivity index (χ1) is 13.5. The van der Waals surface area contributed by atoms with Crippen molar-refractivity contribution in [3.8, 4) is 6.07 Å². The van der Waals surface area contributed by atoms with Gasteiger partial charge in [0, 0.05) is 31.6 Å². The lowest BCUT2D eigenvalue weighted by molar-refractivity contribution is -0.150. The van der Waals surface area contributed by atoms with Crippen molar-refractivity contribution in [2.75, 3.05) is 32.7 Å². The van der Waals surface area contributed by atoms with Gasteiger partial charge in [0.2, 0.25) is 0 Å². The van der Waals surface area contributed by atoms with Crippen molar-refractivity contribution in [3.63, 3.8) is 0 Å². The molecule has 1 unspecified atom stereocenters. The molecule has 3 heterocycles. The molecule has 1 spiro atoms. The summed E-state index contributed by atoms with van der Waals surface area (Å²) < 4.78 is 19.3. The summed E-state index contributed by atoms with van der Waals surface area (Å²) in [5.41, 5.74) is -0.199. The Hall–Kier alpha value is -2.46. The number of amides is 1. The van der Waals surface area contributed by atoms with Crippen LogP contribution in [-0.4, -0.2) is 60.5 Å². The fraction of sp³-hybridized carbons (Fsp3) is 0.571. The summed E-state index contributed by atoms with van der Waals surface area (Å²) >= 11 is 0. The largest absolute Gasteiger partial charge is 0.461 e. The molecule has 0 aromatic heterocycles. The zero-order valence-electron chi connectivity index (χ0n) is 15.8. The predicted octanol–water partition coefficient (Wildman–Crippen LogP) is 2.33. The van der Waals surface area contributed by atoms with Gasteiger partial charge >= 0.3 is 5.97 Å². The summed E-state index contributed by atoms with van der Waals surface area (Å²) in [5, 5.41) is 8.98. The summed E-state index contributed by atoms with van der Waals surface area (Å²) in [6.45, 7) is 3.81. The molecule has 0 aliphatic carbocycles. The van der Waals surface area contributed by atoms with Crippen molar-refractivity contribution in [2.24, 2.45) is 5.41 Å². The van der Waals surface area contributed by atoms with Gasteiger partial charge in [-0.05, 0) is 57.0 Å². The van der Waals surface area contributed by atoms with Crippen molar-refractivity contribution in [3.05, 3.63) is 35.1 Å². The molecule has 0 radical (unpaired) electrons. The summed E-state index contributed by atoms with van der Waals surface area (Å²) in [6.07, 6.45) is 4.19. The van der Waals surface area contributed by atoms with Crippen LogP contribution in [0.15, 0.2) is 18.2 Å². The molecule has 1 atom stereocenters. The van der Waals surface area contributed by atoms with Gasteiger partial charge in [-0.2, -0.15) is 5.26 Å². The molecule has 1 amide bonds. The number of hydrogen-bond acceptors (Lipinski definition) is 5. The smallest absolute Gasteiger partial charge is 0.312 e. The second kappa shape index (κ2) is 7.51. The van der Waals surface area contributed by atoms with Crippen LogP contribution in [0.2, 0.25) is 0 Å². The molecule has 0 saturated carbocycles. The highest BCUT2D eigenvalue weighted by molar-refractivity contribution is 5.95. The number of esters is 1. The molecule has 3 fully saturated rings. The molecule has 3 saturated heterocycles. The third kappa shape index (κ3) is 3.61. The normalized spacial score (nSPS) is 24.4. The molecule has 148 valence electrons. The maximum absolute atomic E-state index is 13.7. The van der Waals surface area contributed by atoms with Crippen molar-refractivity contribution in [1.29, 1.82) is 5.26 Å². The van der Waals surface area contributed by atoms with Crippen LogP contribution in [0.1, 0.15) is 48.0 Å². The molecule has 0 N–H and O–H groups in total. The molecule has 3 aliphatic heterocycles. The number of piperidine rings is 1. The Kier molecular flexibility index (Phi) is 5.07. The minimum absolute atomic E-state index is 0.0609. The summed E-state index contributed by atoms with van der Waals surface area (Å²) in [4.78, 5) is 29.3. The number of nitrogens with zero attached hydrogens (tertiary/aromatic N) is 3. The van der Waals surface area contributed by atoms with Gasteiger partial charge in [0.15, 0.2) is 0 Å². The average molecular weight is 385 g/mol. The van der Waals surface area contributed by atoms with Gasteiger partial charge in [0.25, 0.3) is 5.91 Å². The van der Waals surface area contributed by atoms with Gasteiger partial charge in [-0.25, -0.2) is 4.39 Å². The number of hydrogen-bond donors (Lipinski definition) is 0. The number of rotatable bonds is 3.